The molecule has 3 amide bonds. The predicted molar refractivity (Wildman–Crippen MR) is 97.1 cm³/mol. The Balaban J connectivity index is 1.92. The summed E-state index contributed by atoms with van der Waals surface area (Å²) >= 11 is 0. The Hall–Kier alpha value is -2.57. The van der Waals surface area contributed by atoms with Crippen molar-refractivity contribution >= 4 is 17.7 Å². The number of phenols is 1. The van der Waals surface area contributed by atoms with Crippen molar-refractivity contribution in [1.29, 1.82) is 0 Å². The van der Waals surface area contributed by atoms with Crippen LogP contribution in [0.25, 0.3) is 0 Å². The van der Waals surface area contributed by atoms with Crippen LogP contribution in [0.1, 0.15) is 56.3 Å². The molecule has 7 nitrogen and oxygen atoms in total. The maximum Gasteiger partial charge on any atom is 0.273 e. The third-order valence-corrected chi connectivity index (χ3v) is 4.67. The zero-order valence-corrected chi connectivity index (χ0v) is 15.2. The van der Waals surface area contributed by atoms with Crippen molar-refractivity contribution in [3.8, 4) is 5.75 Å². The van der Waals surface area contributed by atoms with Crippen molar-refractivity contribution in [2.24, 2.45) is 11.8 Å². The third-order valence-electron chi connectivity index (χ3n) is 4.67. The Morgan fingerprint density at radius 2 is 1.69 bits per heavy atom. The SMILES string of the molecule is CC(C)[C@@H](NC(=O)C1CCCCC1)C(=O)NNC(=O)c1ccccc1O. The first kappa shape index (κ1) is 19.8. The molecule has 0 bridgehead atoms. The molecule has 1 aromatic rings. The van der Waals surface area contributed by atoms with Gasteiger partial charge in [0.1, 0.15) is 11.8 Å². The van der Waals surface area contributed by atoms with Crippen molar-refractivity contribution in [2.75, 3.05) is 0 Å². The fraction of sp³-hybridized carbons (Fsp3) is 0.526. The Bertz CT molecular complexity index is 654. The number of carbonyl (C=O) groups excluding carboxylic acids is 3. The van der Waals surface area contributed by atoms with Gasteiger partial charge in [0, 0.05) is 5.92 Å². The molecule has 0 aliphatic heterocycles. The van der Waals surface area contributed by atoms with Gasteiger partial charge in [0.05, 0.1) is 5.56 Å². The molecule has 1 saturated carbocycles. The summed E-state index contributed by atoms with van der Waals surface area (Å²) in [4.78, 5) is 36.9. The second-order valence-corrected chi connectivity index (χ2v) is 7.03. The van der Waals surface area contributed by atoms with Crippen molar-refractivity contribution in [3.63, 3.8) is 0 Å². The fourth-order valence-electron chi connectivity index (χ4n) is 3.10. The molecule has 26 heavy (non-hydrogen) atoms. The molecule has 0 spiro atoms. The van der Waals surface area contributed by atoms with Crippen LogP contribution in [-0.2, 0) is 9.59 Å². The molecule has 0 unspecified atom stereocenters. The topological polar surface area (TPSA) is 108 Å². The standard InChI is InChI=1S/C19H27N3O4/c1-12(2)16(20-17(24)13-8-4-3-5-9-13)19(26)22-21-18(25)14-10-6-7-11-15(14)23/h6-7,10-13,16,23H,3-5,8-9H2,1-2H3,(H,20,24)(H,21,25)(H,22,26)/t16-/m1/s1. The number of amides is 3. The van der Waals surface area contributed by atoms with Gasteiger partial charge in [-0.1, -0.05) is 45.2 Å². The second kappa shape index (κ2) is 9.22. The lowest BCUT2D eigenvalue weighted by Crippen LogP contribution is -2.55. The van der Waals surface area contributed by atoms with Crippen LogP contribution >= 0.6 is 0 Å². The van der Waals surface area contributed by atoms with Gasteiger partial charge in [0.15, 0.2) is 0 Å². The smallest absolute Gasteiger partial charge is 0.273 e. The summed E-state index contributed by atoms with van der Waals surface area (Å²) in [6.07, 6.45) is 4.92. The number of carbonyl (C=O) groups is 3. The molecule has 0 heterocycles. The lowest BCUT2D eigenvalue weighted by Gasteiger charge is -2.26. The maximum atomic E-state index is 12.4. The molecule has 0 aromatic heterocycles. The predicted octanol–water partition coefficient (Wildman–Crippen LogP) is 1.87. The second-order valence-electron chi connectivity index (χ2n) is 7.03. The number of hydrogen-bond donors (Lipinski definition) is 4. The number of para-hydroxylation sites is 1. The molecular formula is C19H27N3O4. The van der Waals surface area contributed by atoms with E-state index in [0.717, 1.165) is 32.1 Å². The average Bonchev–Trinajstić information content (AvgIpc) is 2.64. The monoisotopic (exact) mass is 361 g/mol. The maximum absolute atomic E-state index is 12.4. The molecule has 1 atom stereocenters. The zero-order chi connectivity index (χ0) is 19.1. The van der Waals surface area contributed by atoms with Crippen LogP contribution in [0.2, 0.25) is 0 Å². The van der Waals surface area contributed by atoms with Gasteiger partial charge in [-0.3, -0.25) is 25.2 Å². The minimum Gasteiger partial charge on any atom is -0.507 e. The molecule has 1 aromatic carbocycles. The Morgan fingerprint density at radius 3 is 2.31 bits per heavy atom. The summed E-state index contributed by atoms with van der Waals surface area (Å²) in [5.74, 6) is -1.58. The van der Waals surface area contributed by atoms with Gasteiger partial charge in [0.2, 0.25) is 5.91 Å². The van der Waals surface area contributed by atoms with Crippen molar-refractivity contribution in [3.05, 3.63) is 29.8 Å². The number of benzene rings is 1. The van der Waals surface area contributed by atoms with E-state index in [4.69, 9.17) is 0 Å². The van der Waals surface area contributed by atoms with Gasteiger partial charge in [-0.05, 0) is 30.9 Å². The average molecular weight is 361 g/mol. The first-order valence-electron chi connectivity index (χ1n) is 9.08. The molecule has 2 rings (SSSR count). The van der Waals surface area contributed by atoms with Gasteiger partial charge in [-0.2, -0.15) is 0 Å². The summed E-state index contributed by atoms with van der Waals surface area (Å²) in [6.45, 7) is 3.66. The summed E-state index contributed by atoms with van der Waals surface area (Å²) in [7, 11) is 0. The van der Waals surface area contributed by atoms with Crippen LogP contribution in [0.5, 0.6) is 5.75 Å². The van der Waals surface area contributed by atoms with Crippen LogP contribution < -0.4 is 16.2 Å². The molecule has 1 aliphatic rings. The molecule has 7 heteroatoms. The summed E-state index contributed by atoms with van der Waals surface area (Å²) in [6, 6.07) is 5.30. The fourth-order valence-corrected chi connectivity index (χ4v) is 3.10. The highest BCUT2D eigenvalue weighted by Gasteiger charge is 2.29. The van der Waals surface area contributed by atoms with E-state index < -0.39 is 17.9 Å². The molecule has 0 saturated heterocycles. The van der Waals surface area contributed by atoms with Gasteiger partial charge >= 0.3 is 0 Å². The van der Waals surface area contributed by atoms with Gasteiger partial charge in [-0.25, -0.2) is 0 Å². The normalized spacial score (nSPS) is 16.0. The Morgan fingerprint density at radius 1 is 1.04 bits per heavy atom. The van der Waals surface area contributed by atoms with E-state index in [1.54, 1.807) is 12.1 Å². The first-order valence-corrected chi connectivity index (χ1v) is 9.08. The largest absolute Gasteiger partial charge is 0.507 e. The van der Waals surface area contributed by atoms with E-state index in [0.29, 0.717) is 0 Å². The van der Waals surface area contributed by atoms with Gasteiger partial charge < -0.3 is 10.4 Å². The van der Waals surface area contributed by atoms with E-state index in [9.17, 15) is 19.5 Å². The van der Waals surface area contributed by atoms with Crippen LogP contribution in [-0.4, -0.2) is 28.9 Å². The van der Waals surface area contributed by atoms with Crippen LogP contribution in [0.3, 0.4) is 0 Å². The number of aromatic hydroxyl groups is 1. The quantitative estimate of drug-likeness (QED) is 0.601. The van der Waals surface area contributed by atoms with E-state index in [-0.39, 0.29) is 29.1 Å². The lowest BCUT2D eigenvalue weighted by molar-refractivity contribution is -0.133. The number of hydrogen-bond acceptors (Lipinski definition) is 4. The summed E-state index contributed by atoms with van der Waals surface area (Å²) < 4.78 is 0. The highest BCUT2D eigenvalue weighted by Crippen LogP contribution is 2.24. The minimum absolute atomic E-state index is 0.0475. The van der Waals surface area contributed by atoms with Crippen LogP contribution in [0, 0.1) is 11.8 Å². The van der Waals surface area contributed by atoms with Crippen molar-refractivity contribution < 1.29 is 19.5 Å². The third kappa shape index (κ3) is 5.21. The molecule has 1 aliphatic carbocycles. The lowest BCUT2D eigenvalue weighted by atomic mass is 9.88. The molecule has 142 valence electrons. The summed E-state index contributed by atoms with van der Waals surface area (Å²) in [5.41, 5.74) is 4.67. The Kier molecular flexibility index (Phi) is 7.00. The van der Waals surface area contributed by atoms with Crippen molar-refractivity contribution in [1.82, 2.24) is 16.2 Å². The number of rotatable bonds is 5. The highest BCUT2D eigenvalue weighted by atomic mass is 16.3. The number of nitrogens with one attached hydrogen (secondary N) is 3. The van der Waals surface area contributed by atoms with E-state index in [1.165, 1.54) is 12.1 Å². The molecule has 1 fully saturated rings. The van der Waals surface area contributed by atoms with Crippen LogP contribution in [0.15, 0.2) is 24.3 Å². The number of hydrazine groups is 1. The van der Waals surface area contributed by atoms with E-state index in [2.05, 4.69) is 16.2 Å². The Labute approximate surface area is 153 Å². The zero-order valence-electron chi connectivity index (χ0n) is 15.2. The van der Waals surface area contributed by atoms with E-state index in [1.807, 2.05) is 13.8 Å². The van der Waals surface area contributed by atoms with Gasteiger partial charge in [0.25, 0.3) is 11.8 Å². The summed E-state index contributed by atoms with van der Waals surface area (Å²) in [5, 5.41) is 12.5. The molecule has 4 N–H and O–H groups in total. The molecular weight excluding hydrogens is 334 g/mol. The van der Waals surface area contributed by atoms with Crippen molar-refractivity contribution in [2.45, 2.75) is 52.0 Å². The molecule has 0 radical (unpaired) electrons. The number of phenolic OH excluding ortho intramolecular Hbond substituents is 1. The minimum atomic E-state index is -0.742. The first-order chi connectivity index (χ1) is 12.4. The van der Waals surface area contributed by atoms with Crippen LogP contribution in [0.4, 0.5) is 0 Å². The van der Waals surface area contributed by atoms with E-state index >= 15 is 0 Å². The highest BCUT2D eigenvalue weighted by molar-refractivity contribution is 5.98. The van der Waals surface area contributed by atoms with Gasteiger partial charge in [-0.15, -0.1) is 0 Å².